The van der Waals surface area contributed by atoms with Crippen molar-refractivity contribution in [2.24, 2.45) is 5.73 Å². The normalized spacial score (nSPS) is 9.29. The Morgan fingerprint density at radius 2 is 1.82 bits per heavy atom. The van der Waals surface area contributed by atoms with Crippen LogP contribution in [0.3, 0.4) is 0 Å². The summed E-state index contributed by atoms with van der Waals surface area (Å²) < 4.78 is 5.70. The summed E-state index contributed by atoms with van der Waals surface area (Å²) in [6, 6.07) is 0. The van der Waals surface area contributed by atoms with Gasteiger partial charge >= 0.3 is 5.97 Å². The third kappa shape index (κ3) is 6.44. The highest BCUT2D eigenvalue weighted by Gasteiger charge is 2.14. The summed E-state index contributed by atoms with van der Waals surface area (Å²) in [7, 11) is 1.30. The average molecular weight is 435 g/mol. The molecule has 0 fully saturated rings. The number of anilines is 1. The second kappa shape index (κ2) is 10.7. The Labute approximate surface area is 169 Å². The monoisotopic (exact) mass is 434 g/mol. The van der Waals surface area contributed by atoms with Crippen molar-refractivity contribution < 1.29 is 9.53 Å². The Hall–Kier alpha value is -3.32. The number of ether oxygens (including phenoxy) is 1. The van der Waals surface area contributed by atoms with Crippen molar-refractivity contribution in [3.05, 3.63) is 39.6 Å². The molecule has 13 nitrogen and oxygen atoms in total. The number of esters is 1. The minimum atomic E-state index is -0.470. The van der Waals surface area contributed by atoms with E-state index >= 15 is 0 Å². The second-order valence-electron chi connectivity index (χ2n) is 4.97. The molecule has 0 aliphatic carbocycles. The highest BCUT2D eigenvalue weighted by molar-refractivity contribution is 6.63. The number of fused-ring (bicyclic) bond motifs is 1. The highest BCUT2D eigenvalue weighted by atomic mass is 35.5. The van der Waals surface area contributed by atoms with Gasteiger partial charge in [0.15, 0.2) is 16.5 Å². The zero-order chi connectivity index (χ0) is 20.7. The van der Waals surface area contributed by atoms with E-state index in [4.69, 9.17) is 17.0 Å². The maximum atomic E-state index is 11.2. The predicted molar refractivity (Wildman–Crippen MR) is 106 cm³/mol. The van der Waals surface area contributed by atoms with Crippen LogP contribution in [0.4, 0.5) is 5.95 Å². The third-order valence-electron chi connectivity index (χ3n) is 2.95. The molecule has 3 rings (SSSR count). The molecule has 0 aromatic carbocycles. The number of H-pyrrole nitrogens is 1. The van der Waals surface area contributed by atoms with Crippen molar-refractivity contribution in [1.82, 2.24) is 29.7 Å². The van der Waals surface area contributed by atoms with Crippen LogP contribution < -0.4 is 22.9 Å². The average Bonchev–Trinajstić information content (AvgIpc) is 3.09. The van der Waals surface area contributed by atoms with Crippen LogP contribution in [0.5, 0.6) is 0 Å². The van der Waals surface area contributed by atoms with E-state index in [0.717, 1.165) is 10.4 Å². The van der Waals surface area contributed by atoms with E-state index in [-0.39, 0.29) is 34.9 Å². The van der Waals surface area contributed by atoms with Crippen LogP contribution in [0.2, 0.25) is 0 Å². The van der Waals surface area contributed by atoms with E-state index in [1.807, 2.05) is 0 Å². The molecule has 28 heavy (non-hydrogen) atoms. The molecular formula is C13H20Cl2N10O3. The van der Waals surface area contributed by atoms with Gasteiger partial charge < -0.3 is 22.0 Å². The molecule has 0 spiro atoms. The molecule has 8 N–H and O–H groups in total. The zero-order valence-electron chi connectivity index (χ0n) is 15.1. The quantitative estimate of drug-likeness (QED) is 0.110. The number of hydrogen-bond acceptors (Lipinski definition) is 9. The molecular weight excluding hydrogens is 415 g/mol. The number of carbonyl (C=O) groups is 1. The molecule has 3 aromatic rings. The summed E-state index contributed by atoms with van der Waals surface area (Å²) >= 11 is 4.64. The van der Waals surface area contributed by atoms with Crippen molar-refractivity contribution in [1.29, 1.82) is 5.41 Å². The number of nitrogens with zero attached hydrogens (tertiary/aromatic N) is 5. The summed E-state index contributed by atoms with van der Waals surface area (Å²) in [6.45, 7) is 3.53. The predicted octanol–water partition coefficient (Wildman–Crippen LogP) is -0.459. The summed E-state index contributed by atoms with van der Waals surface area (Å²) in [5.41, 5.74) is 11.7. The number of rotatable bonds is 1. The Morgan fingerprint density at radius 1 is 1.29 bits per heavy atom. The number of methoxy groups -OCH3 is 1. The molecule has 15 heteroatoms. The second-order valence-corrected chi connectivity index (χ2v) is 5.37. The van der Waals surface area contributed by atoms with Gasteiger partial charge in [-0.15, -0.1) is 22.1 Å². The number of aryl methyl sites for hydroxylation is 2. The van der Waals surface area contributed by atoms with Crippen molar-refractivity contribution in [2.45, 2.75) is 13.8 Å². The molecule has 0 saturated carbocycles. The van der Waals surface area contributed by atoms with Gasteiger partial charge in [0.2, 0.25) is 5.95 Å². The molecule has 3 heterocycles. The molecule has 3 aromatic heterocycles. The minimum Gasteiger partial charge on any atom is -0.464 e. The summed E-state index contributed by atoms with van der Waals surface area (Å²) in [5.74, 6) is 4.92. The van der Waals surface area contributed by atoms with Gasteiger partial charge in [0, 0.05) is 11.1 Å². The van der Waals surface area contributed by atoms with E-state index in [0.29, 0.717) is 11.1 Å². The number of nitrogens with one attached hydrogen (secondary N) is 2. The minimum absolute atomic E-state index is 0. The standard InChI is InChI=1S/C6H7N5O.C6H9N3O2.CH3ClN2.ClH/c1-3-2-8-11-4(3)5(12)9-6(7)10-11;1-4-3-8-9(7)5(4)6(10)11-2;2-1(3)4;/h2H,1H3,(H3,7,9,10,12);3H,7H2,1-2H3;(H3,3,4);1H. The fourth-order valence-electron chi connectivity index (χ4n) is 1.87. The molecule has 0 bridgehead atoms. The highest BCUT2D eigenvalue weighted by Crippen LogP contribution is 2.04. The first-order chi connectivity index (χ1) is 12.6. The molecule has 0 radical (unpaired) electrons. The topological polar surface area (TPSA) is 209 Å². The number of nitrogens with two attached hydrogens (primary N) is 3. The first kappa shape index (κ1) is 24.7. The Balaban J connectivity index is 0.000000428. The van der Waals surface area contributed by atoms with E-state index in [9.17, 15) is 9.59 Å². The molecule has 0 aliphatic heterocycles. The summed E-state index contributed by atoms with van der Waals surface area (Å²) in [5, 5.41) is 17.0. The lowest BCUT2D eigenvalue weighted by atomic mass is 10.3. The van der Waals surface area contributed by atoms with Crippen molar-refractivity contribution in [3.63, 3.8) is 0 Å². The largest absolute Gasteiger partial charge is 0.464 e. The van der Waals surface area contributed by atoms with Gasteiger partial charge in [0.25, 0.3) is 5.56 Å². The van der Waals surface area contributed by atoms with Gasteiger partial charge in [-0.3, -0.25) is 15.2 Å². The van der Waals surface area contributed by atoms with Crippen molar-refractivity contribution in [2.75, 3.05) is 18.7 Å². The third-order valence-corrected chi connectivity index (χ3v) is 2.95. The van der Waals surface area contributed by atoms with Crippen LogP contribution >= 0.6 is 24.0 Å². The van der Waals surface area contributed by atoms with Crippen LogP contribution in [0.1, 0.15) is 21.6 Å². The summed E-state index contributed by atoms with van der Waals surface area (Å²) in [6.07, 6.45) is 3.07. The lowest BCUT2D eigenvalue weighted by Gasteiger charge is -1.99. The van der Waals surface area contributed by atoms with Gasteiger partial charge in [0.1, 0.15) is 0 Å². The molecule has 154 valence electrons. The SMILES string of the molecule is COC(=O)c1c(C)cnn1N.Cc1cnn2nc(N)[nH]c(=O)c12.Cl.N=C(N)Cl. The Bertz CT molecular complexity index is 986. The molecule has 0 unspecified atom stereocenters. The molecule has 0 amide bonds. The van der Waals surface area contributed by atoms with Crippen molar-refractivity contribution >= 4 is 46.7 Å². The lowest BCUT2D eigenvalue weighted by molar-refractivity contribution is 0.0588. The van der Waals surface area contributed by atoms with E-state index < -0.39 is 5.97 Å². The molecule has 0 saturated heterocycles. The van der Waals surface area contributed by atoms with Gasteiger partial charge in [-0.2, -0.15) is 15.0 Å². The van der Waals surface area contributed by atoms with Crippen LogP contribution in [0.15, 0.2) is 17.2 Å². The lowest BCUT2D eigenvalue weighted by Crippen LogP contribution is -2.19. The summed E-state index contributed by atoms with van der Waals surface area (Å²) in [4.78, 5) is 25.6. The molecule has 0 atom stereocenters. The number of halogens is 2. The number of aromatic amines is 1. The van der Waals surface area contributed by atoms with E-state index in [1.165, 1.54) is 17.9 Å². The van der Waals surface area contributed by atoms with E-state index in [1.54, 1.807) is 20.0 Å². The van der Waals surface area contributed by atoms with Gasteiger partial charge in [-0.05, 0) is 25.4 Å². The number of nitrogen functional groups attached to an aromatic ring is 2. The van der Waals surface area contributed by atoms with Gasteiger partial charge in [-0.25, -0.2) is 4.79 Å². The van der Waals surface area contributed by atoms with E-state index in [2.05, 4.69) is 42.4 Å². The number of hydrogen-bond donors (Lipinski definition) is 5. The van der Waals surface area contributed by atoms with Gasteiger partial charge in [0.05, 0.1) is 19.5 Å². The van der Waals surface area contributed by atoms with Crippen LogP contribution in [-0.2, 0) is 4.74 Å². The van der Waals surface area contributed by atoms with Crippen LogP contribution in [0.25, 0.3) is 5.52 Å². The maximum Gasteiger partial charge on any atom is 0.358 e. The van der Waals surface area contributed by atoms with Crippen LogP contribution in [-0.4, -0.2) is 48.1 Å². The zero-order valence-corrected chi connectivity index (χ0v) is 16.7. The number of amidine groups is 1. The first-order valence-corrected chi connectivity index (χ1v) is 7.54. The number of carbonyl (C=O) groups excluding carboxylic acids is 1. The smallest absolute Gasteiger partial charge is 0.358 e. The Kier molecular flexibility index (Phi) is 9.46. The van der Waals surface area contributed by atoms with Crippen molar-refractivity contribution in [3.8, 4) is 0 Å². The Morgan fingerprint density at radius 3 is 2.29 bits per heavy atom. The van der Waals surface area contributed by atoms with Crippen LogP contribution in [0, 0.1) is 19.3 Å². The fourth-order valence-corrected chi connectivity index (χ4v) is 1.87. The maximum absolute atomic E-state index is 11.2. The number of aromatic nitrogens is 6. The molecule has 0 aliphatic rings. The first-order valence-electron chi connectivity index (χ1n) is 7.16. The fraction of sp³-hybridized carbons (Fsp3) is 0.231. The van der Waals surface area contributed by atoms with Gasteiger partial charge in [-0.1, -0.05) is 0 Å².